The lowest BCUT2D eigenvalue weighted by molar-refractivity contribution is 0.175. The normalized spacial score (nSPS) is 11.4. The molecule has 2 rings (SSSR count). The second-order valence-electron chi connectivity index (χ2n) is 4.46. The van der Waals surface area contributed by atoms with Crippen molar-refractivity contribution in [3.05, 3.63) is 26.7 Å². The van der Waals surface area contributed by atoms with Gasteiger partial charge in [0.2, 0.25) is 0 Å². The molecule has 0 aliphatic carbocycles. The van der Waals surface area contributed by atoms with Crippen LogP contribution in [0.25, 0.3) is 11.2 Å². The molecule has 0 saturated carbocycles. The molecule has 0 fully saturated rings. The molecule has 110 valence electrons. The summed E-state index contributed by atoms with van der Waals surface area (Å²) in [6.45, 7) is 3.19. The Morgan fingerprint density at radius 1 is 1.30 bits per heavy atom. The molecule has 0 aromatic carbocycles. The summed E-state index contributed by atoms with van der Waals surface area (Å²) in [6, 6.07) is 0. The lowest BCUT2D eigenvalue weighted by Gasteiger charge is -2.08. The second kappa shape index (κ2) is 5.59. The number of imidazole rings is 1. The van der Waals surface area contributed by atoms with Gasteiger partial charge < -0.3 is 15.0 Å². The molecule has 8 heteroatoms. The van der Waals surface area contributed by atoms with Crippen LogP contribution < -0.4 is 17.0 Å². The molecule has 0 aliphatic rings. The van der Waals surface area contributed by atoms with Crippen LogP contribution in [0.3, 0.4) is 0 Å². The predicted molar refractivity (Wildman–Crippen MR) is 74.7 cm³/mol. The van der Waals surface area contributed by atoms with Crippen molar-refractivity contribution in [2.75, 3.05) is 13.7 Å². The van der Waals surface area contributed by atoms with E-state index in [0.717, 1.165) is 4.57 Å². The molecular weight excluding hydrogens is 262 g/mol. The summed E-state index contributed by atoms with van der Waals surface area (Å²) in [6.07, 6.45) is 0. The first-order chi connectivity index (χ1) is 9.56. The smallest absolute Gasteiger partial charge is 0.332 e. The summed E-state index contributed by atoms with van der Waals surface area (Å²) in [7, 11) is 3.16. The molecule has 0 atom stereocenters. The third kappa shape index (κ3) is 2.06. The van der Waals surface area contributed by atoms with Crippen molar-refractivity contribution in [2.45, 2.75) is 26.6 Å². The average Bonchev–Trinajstić information content (AvgIpc) is 2.80. The minimum atomic E-state index is -0.405. The zero-order chi connectivity index (χ0) is 14.9. The van der Waals surface area contributed by atoms with Crippen LogP contribution in [0.1, 0.15) is 12.7 Å². The Morgan fingerprint density at radius 2 is 2.00 bits per heavy atom. The fraction of sp³-hybridized carbons (Fsp3) is 0.583. The van der Waals surface area contributed by atoms with Crippen LogP contribution in [0.15, 0.2) is 9.59 Å². The number of nitrogens with two attached hydrogens (primary N) is 1. The van der Waals surface area contributed by atoms with E-state index < -0.39 is 5.69 Å². The van der Waals surface area contributed by atoms with Gasteiger partial charge in [0.25, 0.3) is 5.56 Å². The molecule has 0 amide bonds. The molecule has 8 nitrogen and oxygen atoms in total. The molecule has 2 aromatic rings. The maximum Gasteiger partial charge on any atom is 0.332 e. The highest BCUT2D eigenvalue weighted by atomic mass is 16.5. The SMILES string of the molecule is CCn1c(COC)nc2c1c(=O)n(CCN)c(=O)n2C. The van der Waals surface area contributed by atoms with E-state index >= 15 is 0 Å². The minimum Gasteiger partial charge on any atom is -0.377 e. The molecule has 0 radical (unpaired) electrons. The number of aryl methyl sites for hydroxylation is 2. The van der Waals surface area contributed by atoms with Crippen molar-refractivity contribution in [1.29, 1.82) is 0 Å². The summed E-state index contributed by atoms with van der Waals surface area (Å²) < 4.78 is 9.38. The fourth-order valence-corrected chi connectivity index (χ4v) is 2.32. The van der Waals surface area contributed by atoms with Gasteiger partial charge in [-0.3, -0.25) is 13.9 Å². The van der Waals surface area contributed by atoms with Gasteiger partial charge in [-0.25, -0.2) is 9.78 Å². The number of nitrogens with zero attached hydrogens (tertiary/aromatic N) is 4. The van der Waals surface area contributed by atoms with Crippen molar-refractivity contribution in [2.24, 2.45) is 12.8 Å². The lowest BCUT2D eigenvalue weighted by atomic mass is 10.4. The summed E-state index contributed by atoms with van der Waals surface area (Å²) in [5.41, 5.74) is 5.49. The Balaban J connectivity index is 2.90. The minimum absolute atomic E-state index is 0.190. The summed E-state index contributed by atoms with van der Waals surface area (Å²) in [4.78, 5) is 29.0. The fourth-order valence-electron chi connectivity index (χ4n) is 2.32. The summed E-state index contributed by atoms with van der Waals surface area (Å²) >= 11 is 0. The highest BCUT2D eigenvalue weighted by Gasteiger charge is 2.18. The molecule has 2 heterocycles. The van der Waals surface area contributed by atoms with Crippen molar-refractivity contribution >= 4 is 11.2 Å². The molecule has 0 spiro atoms. The van der Waals surface area contributed by atoms with Gasteiger partial charge >= 0.3 is 5.69 Å². The van der Waals surface area contributed by atoms with E-state index in [1.54, 1.807) is 18.7 Å². The van der Waals surface area contributed by atoms with Gasteiger partial charge in [-0.05, 0) is 6.92 Å². The van der Waals surface area contributed by atoms with Crippen LogP contribution in [0.2, 0.25) is 0 Å². The molecule has 2 aromatic heterocycles. The van der Waals surface area contributed by atoms with E-state index in [2.05, 4.69) is 4.98 Å². The number of methoxy groups -OCH3 is 1. The second-order valence-corrected chi connectivity index (χ2v) is 4.46. The molecule has 2 N–H and O–H groups in total. The van der Waals surface area contributed by atoms with Gasteiger partial charge in [0.15, 0.2) is 11.2 Å². The van der Waals surface area contributed by atoms with Gasteiger partial charge in [-0.1, -0.05) is 0 Å². The monoisotopic (exact) mass is 281 g/mol. The zero-order valence-electron chi connectivity index (χ0n) is 11.9. The Kier molecular flexibility index (Phi) is 4.05. The summed E-state index contributed by atoms with van der Waals surface area (Å²) in [5, 5.41) is 0. The van der Waals surface area contributed by atoms with Gasteiger partial charge in [0.05, 0.1) is 0 Å². The largest absolute Gasteiger partial charge is 0.377 e. The quantitative estimate of drug-likeness (QED) is 0.760. The highest BCUT2D eigenvalue weighted by Crippen LogP contribution is 2.11. The van der Waals surface area contributed by atoms with Gasteiger partial charge in [0, 0.05) is 33.8 Å². The standard InChI is InChI=1S/C12H19N5O3/c1-4-16-8(7-20-3)14-10-9(16)11(18)17(6-5-13)12(19)15(10)2/h4-7,13H2,1-3H3. The first kappa shape index (κ1) is 14.5. The molecule has 0 saturated heterocycles. The third-order valence-corrected chi connectivity index (χ3v) is 3.25. The summed E-state index contributed by atoms with van der Waals surface area (Å²) in [5.74, 6) is 0.627. The lowest BCUT2D eigenvalue weighted by Crippen LogP contribution is -2.41. The van der Waals surface area contributed by atoms with E-state index in [-0.39, 0.29) is 25.3 Å². The third-order valence-electron chi connectivity index (χ3n) is 3.25. The Bertz CT molecular complexity index is 740. The van der Waals surface area contributed by atoms with E-state index in [4.69, 9.17) is 10.5 Å². The Morgan fingerprint density at radius 3 is 2.55 bits per heavy atom. The van der Waals surface area contributed by atoms with Crippen molar-refractivity contribution in [3.63, 3.8) is 0 Å². The predicted octanol–water partition coefficient (Wildman–Crippen LogP) is -0.978. The van der Waals surface area contributed by atoms with E-state index in [0.29, 0.717) is 23.5 Å². The molecule has 0 unspecified atom stereocenters. The van der Waals surface area contributed by atoms with Crippen LogP contribution >= 0.6 is 0 Å². The number of rotatable bonds is 5. The highest BCUT2D eigenvalue weighted by molar-refractivity contribution is 5.71. The van der Waals surface area contributed by atoms with Gasteiger partial charge in [-0.15, -0.1) is 0 Å². The Hall–Kier alpha value is -1.93. The van der Waals surface area contributed by atoms with Crippen molar-refractivity contribution < 1.29 is 4.74 Å². The van der Waals surface area contributed by atoms with Crippen molar-refractivity contribution in [3.8, 4) is 0 Å². The number of hydrogen-bond acceptors (Lipinski definition) is 5. The molecular formula is C12H19N5O3. The number of hydrogen-bond donors (Lipinski definition) is 1. The van der Waals surface area contributed by atoms with Gasteiger partial charge in [0.1, 0.15) is 12.4 Å². The maximum atomic E-state index is 12.5. The average molecular weight is 281 g/mol. The van der Waals surface area contributed by atoms with Crippen molar-refractivity contribution in [1.82, 2.24) is 18.7 Å². The van der Waals surface area contributed by atoms with E-state index in [1.807, 2.05) is 6.92 Å². The molecule has 0 aliphatic heterocycles. The first-order valence-corrected chi connectivity index (χ1v) is 6.44. The number of fused-ring (bicyclic) bond motifs is 1. The van der Waals surface area contributed by atoms with E-state index in [9.17, 15) is 9.59 Å². The van der Waals surface area contributed by atoms with Crippen LogP contribution in [-0.2, 0) is 31.5 Å². The van der Waals surface area contributed by atoms with Crippen LogP contribution in [0, 0.1) is 0 Å². The zero-order valence-corrected chi connectivity index (χ0v) is 11.9. The van der Waals surface area contributed by atoms with Gasteiger partial charge in [-0.2, -0.15) is 0 Å². The molecule has 0 bridgehead atoms. The van der Waals surface area contributed by atoms with Crippen LogP contribution in [0.4, 0.5) is 0 Å². The van der Waals surface area contributed by atoms with E-state index in [1.165, 1.54) is 4.57 Å². The molecule has 20 heavy (non-hydrogen) atoms. The maximum absolute atomic E-state index is 12.5. The number of ether oxygens (including phenoxy) is 1. The Labute approximate surface area is 115 Å². The topological polar surface area (TPSA) is 97.1 Å². The van der Waals surface area contributed by atoms with Crippen LogP contribution in [-0.4, -0.2) is 32.3 Å². The number of aromatic nitrogens is 4. The van der Waals surface area contributed by atoms with Crippen LogP contribution in [0.5, 0.6) is 0 Å². The first-order valence-electron chi connectivity index (χ1n) is 6.44.